The van der Waals surface area contributed by atoms with Gasteiger partial charge in [0.05, 0.1) is 10.2 Å². The van der Waals surface area contributed by atoms with Crippen molar-refractivity contribution in [3.05, 3.63) is 32.7 Å². The van der Waals surface area contributed by atoms with Gasteiger partial charge in [0.15, 0.2) is 5.13 Å². The van der Waals surface area contributed by atoms with E-state index < -0.39 is 10.0 Å². The molecule has 0 spiro atoms. The fourth-order valence-electron chi connectivity index (χ4n) is 1.55. The lowest BCUT2D eigenvalue weighted by Gasteiger charge is -2.09. The average molecular weight is 411 g/mol. The summed E-state index contributed by atoms with van der Waals surface area (Å²) in [6.45, 7) is 3.98. The maximum atomic E-state index is 12.4. The predicted molar refractivity (Wildman–Crippen MR) is 90.6 cm³/mol. The second-order valence-corrected chi connectivity index (χ2v) is 8.38. The number of nitrogens with one attached hydrogen (secondary N) is 1. The van der Waals surface area contributed by atoms with Gasteiger partial charge >= 0.3 is 0 Å². The molecule has 0 saturated heterocycles. The Morgan fingerprint density at radius 2 is 2.10 bits per heavy atom. The van der Waals surface area contributed by atoms with E-state index >= 15 is 0 Å². The van der Waals surface area contributed by atoms with Crippen molar-refractivity contribution in [1.82, 2.24) is 4.98 Å². The molecule has 0 aliphatic heterocycles. The van der Waals surface area contributed by atoms with Crippen LogP contribution in [0.5, 0.6) is 0 Å². The third-order valence-electron chi connectivity index (χ3n) is 2.66. The van der Waals surface area contributed by atoms with Crippen molar-refractivity contribution < 1.29 is 8.42 Å². The highest BCUT2D eigenvalue weighted by Gasteiger charge is 2.22. The minimum atomic E-state index is -3.81. The first kappa shape index (κ1) is 16.5. The van der Waals surface area contributed by atoms with Crippen molar-refractivity contribution in [1.29, 1.82) is 0 Å². The Labute approximate surface area is 140 Å². The summed E-state index contributed by atoms with van der Waals surface area (Å²) in [5, 5.41) is 2.38. The van der Waals surface area contributed by atoms with E-state index in [9.17, 15) is 8.42 Å². The van der Waals surface area contributed by atoms with Gasteiger partial charge in [0, 0.05) is 16.1 Å². The molecule has 0 unspecified atom stereocenters. The van der Waals surface area contributed by atoms with Crippen LogP contribution in [0.2, 0.25) is 5.02 Å². The third kappa shape index (κ3) is 3.68. The molecule has 9 heteroatoms. The number of aromatic nitrogens is 1. The molecule has 0 aliphatic rings. The third-order valence-corrected chi connectivity index (χ3v) is 6.29. The van der Waals surface area contributed by atoms with Crippen molar-refractivity contribution in [2.45, 2.75) is 24.7 Å². The molecule has 1 heterocycles. The number of anilines is 2. The van der Waals surface area contributed by atoms with E-state index in [2.05, 4.69) is 25.6 Å². The molecular weight excluding hydrogens is 398 g/mol. The molecule has 2 rings (SSSR count). The van der Waals surface area contributed by atoms with Gasteiger partial charge in [-0.15, -0.1) is 11.3 Å². The highest BCUT2D eigenvalue weighted by molar-refractivity contribution is 9.10. The van der Waals surface area contributed by atoms with E-state index in [0.29, 0.717) is 5.13 Å². The Bertz CT molecular complexity index is 775. The van der Waals surface area contributed by atoms with Crippen LogP contribution in [0.4, 0.5) is 10.8 Å². The molecule has 0 atom stereocenters. The normalized spacial score (nSPS) is 11.9. The smallest absolute Gasteiger partial charge is 0.264 e. The molecular formula is C12H13BrClN3O2S2. The predicted octanol–water partition coefficient (Wildman–Crippen LogP) is 4.07. The van der Waals surface area contributed by atoms with Gasteiger partial charge in [-0.2, -0.15) is 0 Å². The highest BCUT2D eigenvalue weighted by Crippen LogP contribution is 2.33. The molecule has 3 N–H and O–H groups in total. The number of nitrogens with two attached hydrogens (primary N) is 1. The Morgan fingerprint density at radius 1 is 1.43 bits per heavy atom. The molecule has 0 radical (unpaired) electrons. The van der Waals surface area contributed by atoms with E-state index in [1.807, 2.05) is 19.2 Å². The fraction of sp³-hybridized carbons (Fsp3) is 0.250. The van der Waals surface area contributed by atoms with Crippen molar-refractivity contribution >= 4 is 59.7 Å². The monoisotopic (exact) mass is 409 g/mol. The quantitative estimate of drug-likeness (QED) is 0.744. The molecule has 0 saturated carbocycles. The van der Waals surface area contributed by atoms with Crippen LogP contribution in [0, 0.1) is 0 Å². The summed E-state index contributed by atoms with van der Waals surface area (Å²) in [6.07, 6.45) is 0. The summed E-state index contributed by atoms with van der Waals surface area (Å²) in [6, 6.07) is 2.81. The highest BCUT2D eigenvalue weighted by atomic mass is 79.9. The first-order chi connectivity index (χ1) is 9.70. The second kappa shape index (κ2) is 6.12. The zero-order valence-electron chi connectivity index (χ0n) is 11.2. The largest absolute Gasteiger partial charge is 0.398 e. The molecule has 2 aromatic rings. The van der Waals surface area contributed by atoms with Crippen molar-refractivity contribution in [2.75, 3.05) is 10.5 Å². The Hall–Kier alpha value is -0.830. The number of hydrogen-bond donors (Lipinski definition) is 2. The summed E-state index contributed by atoms with van der Waals surface area (Å²) < 4.78 is 27.6. The lowest BCUT2D eigenvalue weighted by molar-refractivity contribution is 0.600. The van der Waals surface area contributed by atoms with Gasteiger partial charge in [-0.25, -0.2) is 13.4 Å². The van der Waals surface area contributed by atoms with Crippen molar-refractivity contribution in [3.8, 4) is 0 Å². The van der Waals surface area contributed by atoms with Gasteiger partial charge in [0.1, 0.15) is 4.90 Å². The van der Waals surface area contributed by atoms with Crippen LogP contribution < -0.4 is 10.5 Å². The van der Waals surface area contributed by atoms with E-state index in [1.165, 1.54) is 23.5 Å². The lowest BCUT2D eigenvalue weighted by atomic mass is 10.2. The van der Waals surface area contributed by atoms with Gasteiger partial charge in [-0.3, -0.25) is 4.72 Å². The first-order valence-corrected chi connectivity index (χ1v) is 9.47. The van der Waals surface area contributed by atoms with Gasteiger partial charge in [0.25, 0.3) is 10.0 Å². The van der Waals surface area contributed by atoms with Gasteiger partial charge < -0.3 is 5.73 Å². The number of sulfonamides is 1. The maximum absolute atomic E-state index is 12.4. The lowest BCUT2D eigenvalue weighted by Crippen LogP contribution is -2.14. The summed E-state index contributed by atoms with van der Waals surface area (Å²) >= 11 is 10.3. The molecule has 0 amide bonds. The van der Waals surface area contributed by atoms with Crippen LogP contribution in [-0.4, -0.2) is 13.4 Å². The summed E-state index contributed by atoms with van der Waals surface area (Å²) in [5.74, 6) is 0.230. The van der Waals surface area contributed by atoms with Crippen LogP contribution in [-0.2, 0) is 10.0 Å². The van der Waals surface area contributed by atoms with Crippen LogP contribution in [0.15, 0.2) is 26.9 Å². The Balaban J connectivity index is 2.38. The van der Waals surface area contributed by atoms with Crippen LogP contribution in [0.3, 0.4) is 0 Å². The zero-order chi connectivity index (χ0) is 15.8. The molecule has 1 aromatic heterocycles. The molecule has 0 fully saturated rings. The standard InChI is InChI=1S/C12H13BrClN3O2S2/c1-6(2)9-5-20-12(16-9)17-21(18,19)10-4-7(14)3-8(15)11(10)13/h3-6H,15H2,1-2H3,(H,16,17). The molecule has 0 bridgehead atoms. The fourth-order valence-corrected chi connectivity index (χ4v) is 4.97. The molecule has 114 valence electrons. The molecule has 21 heavy (non-hydrogen) atoms. The van der Waals surface area contributed by atoms with Gasteiger partial charge in [0.2, 0.25) is 0 Å². The summed E-state index contributed by atoms with van der Waals surface area (Å²) in [4.78, 5) is 4.22. The number of nitrogen functional groups attached to an aromatic ring is 1. The minimum Gasteiger partial charge on any atom is -0.398 e. The summed E-state index contributed by atoms with van der Waals surface area (Å²) in [5.41, 5.74) is 6.81. The number of hydrogen-bond acceptors (Lipinski definition) is 5. The Morgan fingerprint density at radius 3 is 2.67 bits per heavy atom. The van der Waals surface area contributed by atoms with Gasteiger partial charge in [-0.05, 0) is 34.0 Å². The molecule has 0 aliphatic carbocycles. The number of halogens is 2. The number of benzene rings is 1. The van der Waals surface area contributed by atoms with Crippen LogP contribution >= 0.6 is 38.9 Å². The maximum Gasteiger partial charge on any atom is 0.264 e. The van der Waals surface area contributed by atoms with Crippen molar-refractivity contribution in [3.63, 3.8) is 0 Å². The molecule has 5 nitrogen and oxygen atoms in total. The average Bonchev–Trinajstić information content (AvgIpc) is 2.81. The van der Waals surface area contributed by atoms with E-state index in [0.717, 1.165) is 5.69 Å². The summed E-state index contributed by atoms with van der Waals surface area (Å²) in [7, 11) is -3.81. The minimum absolute atomic E-state index is 0.0196. The van der Waals surface area contributed by atoms with Crippen LogP contribution in [0.25, 0.3) is 0 Å². The topological polar surface area (TPSA) is 85.1 Å². The van der Waals surface area contributed by atoms with E-state index in [1.54, 1.807) is 0 Å². The SMILES string of the molecule is CC(C)c1csc(NS(=O)(=O)c2cc(Cl)cc(N)c2Br)n1. The first-order valence-electron chi connectivity index (χ1n) is 5.93. The molecule has 1 aromatic carbocycles. The number of thiazole rings is 1. The van der Waals surface area contributed by atoms with E-state index in [-0.39, 0.29) is 26.0 Å². The number of rotatable bonds is 4. The zero-order valence-corrected chi connectivity index (χ0v) is 15.2. The van der Waals surface area contributed by atoms with Crippen molar-refractivity contribution in [2.24, 2.45) is 0 Å². The van der Waals surface area contributed by atoms with Crippen LogP contribution in [0.1, 0.15) is 25.5 Å². The Kier molecular flexibility index (Phi) is 4.82. The van der Waals surface area contributed by atoms with Gasteiger partial charge in [-0.1, -0.05) is 25.4 Å². The number of nitrogens with zero attached hydrogens (tertiary/aromatic N) is 1. The second-order valence-electron chi connectivity index (χ2n) is 4.64. The van der Waals surface area contributed by atoms with E-state index in [4.69, 9.17) is 17.3 Å².